The number of halogens is 4. The second-order valence-corrected chi connectivity index (χ2v) is 35.8. The smallest absolute Gasteiger partial charge is 0.305 e. The number of benzene rings is 5. The number of carbonyl (C=O) groups is 17. The van der Waals surface area contributed by atoms with Crippen molar-refractivity contribution in [2.24, 2.45) is 17.6 Å². The normalized spacial score (nSPS) is 24.0. The van der Waals surface area contributed by atoms with Crippen molar-refractivity contribution in [2.75, 3.05) is 52.3 Å². The van der Waals surface area contributed by atoms with E-state index >= 15 is 51.9 Å². The maximum atomic E-state index is 15.7. The number of aliphatic hydroxyl groups is 1. The Kier molecular flexibility index (Phi) is 38.1. The number of nitrogens with zero attached hydrogens (tertiary/aromatic N) is 5. The summed E-state index contributed by atoms with van der Waals surface area (Å²) in [6, 6.07) is 3.71. The van der Waals surface area contributed by atoms with Crippen LogP contribution in [0, 0.1) is 35.1 Å². The van der Waals surface area contributed by atoms with Crippen LogP contribution in [0.15, 0.2) is 121 Å². The Morgan fingerprint density at radius 3 is 1.73 bits per heavy atom. The molecule has 3 aliphatic heterocycles. The molecule has 0 saturated carbocycles. The number of nitrogens with one attached hydrogen (secondary N) is 10. The third kappa shape index (κ3) is 29.2. The highest BCUT2D eigenvalue weighted by atomic mass is 32.2. The van der Waals surface area contributed by atoms with E-state index in [4.69, 9.17) is 5.73 Å². The number of H-pyrrole nitrogens is 1. The number of nitrogens with two attached hydrogens (primary N) is 1. The van der Waals surface area contributed by atoms with E-state index in [1.165, 1.54) is 57.3 Å². The predicted molar refractivity (Wildman–Crippen MR) is 483 cm³/mol. The van der Waals surface area contributed by atoms with Gasteiger partial charge in [0.05, 0.1) is 24.8 Å². The monoisotopic (exact) mass is 1900 g/mol. The van der Waals surface area contributed by atoms with Crippen molar-refractivity contribution < 1.29 is 119 Å². The van der Waals surface area contributed by atoms with Crippen molar-refractivity contribution in [1.29, 1.82) is 0 Å². The highest BCUT2D eigenvalue weighted by Gasteiger charge is 2.48. The Hall–Kier alpha value is -13.5. The molecule has 0 spiro atoms. The van der Waals surface area contributed by atoms with Crippen LogP contribution in [-0.4, -0.2) is 287 Å². The summed E-state index contributed by atoms with van der Waals surface area (Å²) in [6.07, 6.45) is -5.14. The van der Waals surface area contributed by atoms with Crippen LogP contribution < -0.4 is 53.6 Å². The number of fused-ring (bicyclic) bond motifs is 3. The van der Waals surface area contributed by atoms with Crippen molar-refractivity contribution in [1.82, 2.24) is 77.3 Å². The number of aromatic hydroxyl groups is 1. The van der Waals surface area contributed by atoms with Gasteiger partial charge in [-0.2, -0.15) is 0 Å². The molecule has 728 valence electrons. The Morgan fingerprint density at radius 2 is 1.10 bits per heavy atom. The fourth-order valence-electron chi connectivity index (χ4n) is 16.5. The summed E-state index contributed by atoms with van der Waals surface area (Å²) >= 11 is 0.644. The molecule has 37 nitrogen and oxygen atoms in total. The molecule has 1 aromatic heterocycles. The number of thioether (sulfide) groups is 1. The molecular formula is C93H116F4N16O21S. The molecule has 16 N–H and O–H groups in total. The quantitative estimate of drug-likeness (QED) is 0.0304. The molecule has 5 aromatic carbocycles. The van der Waals surface area contributed by atoms with Crippen LogP contribution >= 0.6 is 11.8 Å². The van der Waals surface area contributed by atoms with Crippen molar-refractivity contribution in [3.8, 4) is 5.75 Å². The molecule has 3 saturated heterocycles. The lowest BCUT2D eigenvalue weighted by Gasteiger charge is -2.38. The van der Waals surface area contributed by atoms with Gasteiger partial charge >= 0.3 is 11.9 Å². The lowest BCUT2D eigenvalue weighted by atomic mass is 9.98. The van der Waals surface area contributed by atoms with Gasteiger partial charge in [0, 0.05) is 102 Å². The number of aromatic amines is 1. The van der Waals surface area contributed by atoms with Crippen molar-refractivity contribution >= 4 is 123 Å². The number of carbonyl (C=O) groups excluding carboxylic acids is 15. The maximum absolute atomic E-state index is 15.7. The van der Waals surface area contributed by atoms with Gasteiger partial charge in [-0.25, -0.2) is 17.6 Å². The molecule has 3 fully saturated rings. The number of rotatable bonds is 24. The van der Waals surface area contributed by atoms with Crippen molar-refractivity contribution in [3.63, 3.8) is 0 Å². The van der Waals surface area contributed by atoms with Crippen LogP contribution in [0.4, 0.5) is 17.6 Å². The number of aliphatic carboxylic acids is 2. The minimum absolute atomic E-state index is 0.0943. The first-order valence-electron chi connectivity index (χ1n) is 44.3. The van der Waals surface area contributed by atoms with Crippen molar-refractivity contribution in [3.05, 3.63) is 173 Å². The minimum atomic E-state index is -2.09. The van der Waals surface area contributed by atoms with Crippen LogP contribution in [-0.2, 0) is 114 Å². The highest BCUT2D eigenvalue weighted by molar-refractivity contribution is 8.00. The molecule has 0 bridgehead atoms. The number of phenols is 1. The number of likely N-dealkylation sites (N-methyl/N-ethyl adjacent to an activating group) is 3. The molecule has 0 unspecified atom stereocenters. The lowest BCUT2D eigenvalue weighted by Crippen LogP contribution is -2.62. The van der Waals surface area contributed by atoms with E-state index in [0.29, 0.717) is 57.9 Å². The Balaban J connectivity index is 1.14. The number of unbranched alkanes of at least 4 members (excludes halogenated alkanes) is 1. The van der Waals surface area contributed by atoms with Gasteiger partial charge in [-0.15, -0.1) is 11.8 Å². The number of aromatic nitrogens is 1. The SMILES string of the molecule is CCCC[C@H]1C(=O)N2C[C@@H](O)C[C@@H]2C(=O)N[C@@H](CC(=O)O)C(=O)N[C@@H](C(C)C)C(=O)N(C)[C@H](Cc2ccc(F)cc2)C(=O)N[C@@H](CCC(=O)O)C(=O)N2CCC[C@@H]2C(=O)N[C@@H](Cc2c[nH]c3ccccc23)C(=O)N[C@@H](Cc2ccc(O)cc2)C(=O)N[C@H](CC(C)C)C(=O)N[C@H](C(=O)NCC(N)=O)CSCC(=O)N[C@H](Cc2cc(F)c(F)c(F)c2)C(=O)N(C)[C@@H](Cc2ccccc2)C(=O)N1C. The van der Waals surface area contributed by atoms with Crippen LogP contribution in [0.25, 0.3) is 10.9 Å². The number of carboxylic acids is 2. The van der Waals surface area contributed by atoms with Gasteiger partial charge in [0.15, 0.2) is 17.5 Å². The molecule has 3 aliphatic rings. The van der Waals surface area contributed by atoms with Gasteiger partial charge in [0.2, 0.25) is 88.6 Å². The first-order chi connectivity index (χ1) is 64.0. The number of aliphatic hydroxyl groups excluding tert-OH is 1. The van der Waals surface area contributed by atoms with Gasteiger partial charge in [-0.05, 0) is 114 Å². The van der Waals surface area contributed by atoms with Gasteiger partial charge in [0.1, 0.15) is 90.1 Å². The van der Waals surface area contributed by atoms with Crippen LogP contribution in [0.5, 0.6) is 5.75 Å². The van der Waals surface area contributed by atoms with E-state index in [2.05, 4.69) is 52.8 Å². The maximum Gasteiger partial charge on any atom is 0.305 e. The second-order valence-electron chi connectivity index (χ2n) is 34.7. The number of primary amides is 1. The molecule has 9 rings (SSSR count). The average molecular weight is 1900 g/mol. The van der Waals surface area contributed by atoms with Crippen LogP contribution in [0.1, 0.15) is 127 Å². The van der Waals surface area contributed by atoms with Gasteiger partial charge in [0.25, 0.3) is 0 Å². The molecule has 0 radical (unpaired) electrons. The van der Waals surface area contributed by atoms with E-state index in [0.717, 1.165) is 50.7 Å². The van der Waals surface area contributed by atoms with Gasteiger partial charge in [-0.1, -0.05) is 120 Å². The fourth-order valence-corrected chi connectivity index (χ4v) is 17.3. The van der Waals surface area contributed by atoms with E-state index in [1.807, 2.05) is 0 Å². The number of hydrogen-bond donors (Lipinski definition) is 15. The van der Waals surface area contributed by atoms with Crippen LogP contribution in [0.2, 0.25) is 0 Å². The second kappa shape index (κ2) is 48.9. The predicted octanol–water partition coefficient (Wildman–Crippen LogP) is 1.84. The van der Waals surface area contributed by atoms with E-state index < -0.39 is 289 Å². The van der Waals surface area contributed by atoms with E-state index in [9.17, 15) is 67.6 Å². The van der Waals surface area contributed by atoms with Gasteiger partial charge in [-0.3, -0.25) is 81.5 Å². The number of para-hydroxylation sites is 1. The summed E-state index contributed by atoms with van der Waals surface area (Å²) in [5, 5.41) is 65.9. The highest BCUT2D eigenvalue weighted by Crippen LogP contribution is 2.29. The first-order valence-corrected chi connectivity index (χ1v) is 45.5. The molecule has 14 atom stereocenters. The molecule has 0 aliphatic carbocycles. The van der Waals surface area contributed by atoms with E-state index in [-0.39, 0.29) is 69.2 Å². The molecule has 6 aromatic rings. The third-order valence-corrected chi connectivity index (χ3v) is 24.8. The molecule has 4 heterocycles. The molecular weight excluding hydrogens is 1790 g/mol. The zero-order valence-corrected chi connectivity index (χ0v) is 76.7. The number of hydrogen-bond acceptors (Lipinski definition) is 20. The Labute approximate surface area is 780 Å². The number of amides is 15. The Morgan fingerprint density at radius 1 is 0.541 bits per heavy atom. The third-order valence-electron chi connectivity index (χ3n) is 23.8. The number of carboxylic acid groups (broad SMARTS) is 2. The Bertz CT molecular complexity index is 5290. The summed E-state index contributed by atoms with van der Waals surface area (Å²) in [5.41, 5.74) is 7.02. The topological polar surface area (TPSA) is 537 Å². The van der Waals surface area contributed by atoms with Gasteiger partial charge < -0.3 is 103 Å². The summed E-state index contributed by atoms with van der Waals surface area (Å²) in [5.74, 6) is -28.0. The zero-order valence-electron chi connectivity index (χ0n) is 75.9. The summed E-state index contributed by atoms with van der Waals surface area (Å²) in [6.45, 7) is 6.45. The standard InChI is InChI=1S/C93H116F4N16O21S/c1-9-10-21-71-92(133)113-46-58(115)42-73(113)88(129)106-67(43-78(120)121)85(126)108-80(50(4)5)93(134)110(7)72(39-53-23-27-56(94)28-24-53)87(128)102-63(31-32-77(118)119)90(131)112-33-16-22-70(112)86(127)105-66(41-55-44-99-62-20-15-14-19-59(55)62)84(125)104-65(37-52-25-29-57(114)30-26-52)83(124)103-64(34-49(2)3)82(123)107-69(81(122)100-45-75(98)116)47-135-48-76(117)101-68(38-54-35-60(95)79(97)61(96)36-54)89(130)111(8)74(91(132)109(71)6)40-51-17-12-11-13-18-51/h11-15,17-20,23-30,35-36,44,49-50,58,63-74,80,99,114-115H,9-10,16,21-22,31-34,37-43,45-48H2,1-8H3,(H2,98,116)(H,100,122)(H,101,117)(H,102,128)(H,103,124)(H,104,125)(H,105,127)(H,106,129)(H,107,123)(H,108,126)(H,118,119)(H,120,121)/t58-,63-,64+,65-,66-,67-,68+,69-,70+,71-,72+,73+,74-,80-/m0/s1. The average Bonchev–Trinajstić information content (AvgIpc) is 1.75. The lowest BCUT2D eigenvalue weighted by molar-refractivity contribution is -0.152. The molecule has 42 heteroatoms. The number of phenolic OH excluding ortho intramolecular Hbond substituents is 1. The molecule has 135 heavy (non-hydrogen) atoms. The van der Waals surface area contributed by atoms with Crippen LogP contribution in [0.3, 0.4) is 0 Å². The summed E-state index contributed by atoms with van der Waals surface area (Å²) < 4.78 is 59.7. The minimum Gasteiger partial charge on any atom is -0.508 e. The summed E-state index contributed by atoms with van der Waals surface area (Å²) in [4.78, 5) is 258. The first kappa shape index (κ1) is 105. The van der Waals surface area contributed by atoms with E-state index in [1.54, 1.807) is 81.6 Å². The molecule has 15 amide bonds. The largest absolute Gasteiger partial charge is 0.508 e. The van der Waals surface area contributed by atoms with Crippen molar-refractivity contribution in [2.45, 2.75) is 216 Å². The zero-order chi connectivity index (χ0) is 98.9. The summed E-state index contributed by atoms with van der Waals surface area (Å²) in [7, 11) is 3.50. The fraction of sp³-hybridized carbons (Fsp3) is 0.473.